The Morgan fingerprint density at radius 2 is 1.80 bits per heavy atom. The Morgan fingerprint density at radius 1 is 1.16 bits per heavy atom. The van der Waals surface area contributed by atoms with Crippen molar-refractivity contribution in [2.75, 3.05) is 12.0 Å². The Balaban J connectivity index is 1.84. The Bertz CT molecular complexity index is 836. The Kier molecular flexibility index (Phi) is 6.61. The average Bonchev–Trinajstić information content (AvgIpc) is 2.56. The third-order valence-electron chi connectivity index (χ3n) is 3.63. The highest BCUT2D eigenvalue weighted by Crippen LogP contribution is 2.18. The van der Waals surface area contributed by atoms with Crippen molar-refractivity contribution in [3.8, 4) is 0 Å². The summed E-state index contributed by atoms with van der Waals surface area (Å²) in [6, 6.07) is 12.7. The maximum absolute atomic E-state index is 13.5. The van der Waals surface area contributed by atoms with Crippen LogP contribution in [0.2, 0.25) is 0 Å². The van der Waals surface area contributed by atoms with Gasteiger partial charge < -0.3 is 5.32 Å². The molecule has 25 heavy (non-hydrogen) atoms. The zero-order valence-electron chi connectivity index (χ0n) is 14.0. The van der Waals surface area contributed by atoms with Crippen molar-refractivity contribution in [3.05, 3.63) is 65.5 Å². The first kappa shape index (κ1) is 19.5. The molecule has 0 aliphatic rings. The number of benzene rings is 2. The molecule has 0 aromatic heterocycles. The lowest BCUT2D eigenvalue weighted by molar-refractivity contribution is -0.119. The fraction of sp³-hybridized carbons (Fsp3) is 0.278. The molecule has 0 spiro atoms. The van der Waals surface area contributed by atoms with E-state index in [1.807, 2.05) is 6.92 Å². The number of sulfone groups is 1. The van der Waals surface area contributed by atoms with Crippen LogP contribution in [0.15, 0.2) is 53.4 Å². The summed E-state index contributed by atoms with van der Waals surface area (Å²) in [6.45, 7) is 1.83. The van der Waals surface area contributed by atoms with Gasteiger partial charge in [0, 0.05) is 12.0 Å². The molecule has 4 nitrogen and oxygen atoms in total. The van der Waals surface area contributed by atoms with Crippen molar-refractivity contribution in [2.45, 2.75) is 23.6 Å². The maximum atomic E-state index is 13.5. The molecule has 0 saturated heterocycles. The fourth-order valence-electron chi connectivity index (χ4n) is 2.24. The predicted molar refractivity (Wildman–Crippen MR) is 98.7 cm³/mol. The molecule has 0 unspecified atom stereocenters. The van der Waals surface area contributed by atoms with Gasteiger partial charge in [-0.2, -0.15) is 0 Å². The number of halogens is 1. The van der Waals surface area contributed by atoms with Crippen molar-refractivity contribution < 1.29 is 17.6 Å². The van der Waals surface area contributed by atoms with Crippen LogP contribution in [0.1, 0.15) is 24.1 Å². The first-order chi connectivity index (χ1) is 11.8. The third-order valence-corrected chi connectivity index (χ3v) is 5.74. The van der Waals surface area contributed by atoms with E-state index in [1.165, 1.54) is 30.0 Å². The molecule has 1 amide bonds. The van der Waals surface area contributed by atoms with E-state index in [1.54, 1.807) is 30.3 Å². The normalized spacial score (nSPS) is 12.6. The van der Waals surface area contributed by atoms with Gasteiger partial charge in [0.05, 0.1) is 16.7 Å². The highest BCUT2D eigenvalue weighted by atomic mass is 32.2. The van der Waals surface area contributed by atoms with Crippen molar-refractivity contribution in [1.82, 2.24) is 5.32 Å². The number of carbonyl (C=O) groups excluding carboxylic acids is 1. The summed E-state index contributed by atoms with van der Waals surface area (Å²) in [4.78, 5) is 12.3. The van der Waals surface area contributed by atoms with Crippen LogP contribution in [-0.2, 0) is 20.4 Å². The van der Waals surface area contributed by atoms with Crippen LogP contribution in [0.25, 0.3) is 0 Å². The molecule has 1 N–H and O–H groups in total. The smallest absolute Gasteiger partial charge is 0.230 e. The summed E-state index contributed by atoms with van der Waals surface area (Å²) in [5.74, 6) is 0.230. The molecule has 0 aliphatic carbocycles. The molecule has 0 aliphatic heterocycles. The lowest BCUT2D eigenvalue weighted by Crippen LogP contribution is -2.28. The largest absolute Gasteiger partial charge is 0.349 e. The summed E-state index contributed by atoms with van der Waals surface area (Å²) < 4.78 is 36.4. The van der Waals surface area contributed by atoms with Crippen LogP contribution in [0.3, 0.4) is 0 Å². The number of hydrogen-bond acceptors (Lipinski definition) is 4. The summed E-state index contributed by atoms with van der Waals surface area (Å²) in [7, 11) is -3.23. The van der Waals surface area contributed by atoms with Gasteiger partial charge in [-0.15, -0.1) is 11.8 Å². The molecule has 1 atom stereocenters. The predicted octanol–water partition coefficient (Wildman–Crippen LogP) is 3.34. The van der Waals surface area contributed by atoms with Crippen LogP contribution in [0, 0.1) is 5.82 Å². The minimum absolute atomic E-state index is 0.152. The van der Waals surface area contributed by atoms with E-state index in [-0.39, 0.29) is 28.4 Å². The molecule has 2 aromatic carbocycles. The molecule has 0 saturated carbocycles. The molecule has 0 heterocycles. The number of thioether (sulfide) groups is 1. The van der Waals surface area contributed by atoms with Crippen molar-refractivity contribution >= 4 is 27.5 Å². The van der Waals surface area contributed by atoms with E-state index in [0.717, 1.165) is 11.8 Å². The topological polar surface area (TPSA) is 63.2 Å². The van der Waals surface area contributed by atoms with Crippen LogP contribution >= 0.6 is 11.8 Å². The Morgan fingerprint density at radius 3 is 2.40 bits per heavy atom. The quantitative estimate of drug-likeness (QED) is 0.799. The average molecular weight is 381 g/mol. The van der Waals surface area contributed by atoms with Crippen molar-refractivity contribution in [3.63, 3.8) is 0 Å². The van der Waals surface area contributed by atoms with Crippen LogP contribution in [0.5, 0.6) is 0 Å². The van der Waals surface area contributed by atoms with Gasteiger partial charge in [0.1, 0.15) is 5.82 Å². The highest BCUT2D eigenvalue weighted by Gasteiger charge is 2.12. The fourth-order valence-corrected chi connectivity index (χ4v) is 3.69. The Labute approximate surface area is 151 Å². The number of carbonyl (C=O) groups is 1. The molecule has 2 aromatic rings. The first-order valence-electron chi connectivity index (χ1n) is 7.68. The van der Waals surface area contributed by atoms with E-state index < -0.39 is 9.84 Å². The minimum atomic E-state index is -3.23. The summed E-state index contributed by atoms with van der Waals surface area (Å²) >= 11 is 1.34. The Hall–Kier alpha value is -1.86. The second kappa shape index (κ2) is 8.49. The van der Waals surface area contributed by atoms with Gasteiger partial charge in [0.2, 0.25) is 5.91 Å². The van der Waals surface area contributed by atoms with Crippen LogP contribution in [0.4, 0.5) is 4.39 Å². The van der Waals surface area contributed by atoms with Gasteiger partial charge in [-0.3, -0.25) is 4.79 Å². The van der Waals surface area contributed by atoms with E-state index in [4.69, 9.17) is 0 Å². The number of nitrogens with one attached hydrogen (secondary N) is 1. The van der Waals surface area contributed by atoms with Gasteiger partial charge in [-0.05, 0) is 36.2 Å². The molecule has 0 radical (unpaired) electrons. The summed E-state index contributed by atoms with van der Waals surface area (Å²) in [5.41, 5.74) is 1.39. The minimum Gasteiger partial charge on any atom is -0.349 e. The second-order valence-corrected chi connectivity index (χ2v) is 8.72. The van der Waals surface area contributed by atoms with Gasteiger partial charge in [-0.25, -0.2) is 12.8 Å². The van der Waals surface area contributed by atoms with E-state index >= 15 is 0 Å². The van der Waals surface area contributed by atoms with Gasteiger partial charge in [-0.1, -0.05) is 30.3 Å². The van der Waals surface area contributed by atoms with E-state index in [9.17, 15) is 17.6 Å². The van der Waals surface area contributed by atoms with E-state index in [0.29, 0.717) is 11.3 Å². The molecule has 0 bridgehead atoms. The molecular weight excluding hydrogens is 361 g/mol. The number of rotatable bonds is 7. The molecule has 0 fully saturated rings. The first-order valence-corrected chi connectivity index (χ1v) is 10.7. The van der Waals surface area contributed by atoms with Crippen LogP contribution < -0.4 is 5.32 Å². The second-order valence-electron chi connectivity index (χ2n) is 5.71. The molecule has 7 heteroatoms. The zero-order chi connectivity index (χ0) is 18.4. The van der Waals surface area contributed by atoms with Gasteiger partial charge in [0.15, 0.2) is 9.84 Å². The SMILES string of the molecule is C[C@H](NC(=O)CSCc1ccccc1F)c1ccc(S(C)(=O)=O)cc1. The van der Waals surface area contributed by atoms with Gasteiger partial charge >= 0.3 is 0 Å². The van der Waals surface area contributed by atoms with Gasteiger partial charge in [0.25, 0.3) is 0 Å². The van der Waals surface area contributed by atoms with E-state index in [2.05, 4.69) is 5.32 Å². The third kappa shape index (κ3) is 5.86. The maximum Gasteiger partial charge on any atom is 0.230 e. The monoisotopic (exact) mass is 381 g/mol. The molecular formula is C18H20FNO3S2. The summed E-state index contributed by atoms with van der Waals surface area (Å²) in [5, 5.41) is 2.85. The lowest BCUT2D eigenvalue weighted by atomic mass is 10.1. The number of amides is 1. The standard InChI is InChI=1S/C18H20FNO3S2/c1-13(14-7-9-16(10-8-14)25(2,22)23)20-18(21)12-24-11-15-5-3-4-6-17(15)19/h3-10,13H,11-12H2,1-2H3,(H,20,21)/t13-/m0/s1. The number of hydrogen-bond donors (Lipinski definition) is 1. The van der Waals surface area contributed by atoms with Crippen LogP contribution in [-0.4, -0.2) is 26.3 Å². The summed E-state index contributed by atoms with van der Waals surface area (Å²) in [6.07, 6.45) is 1.15. The van der Waals surface area contributed by atoms with Crippen molar-refractivity contribution in [2.24, 2.45) is 0 Å². The zero-order valence-corrected chi connectivity index (χ0v) is 15.7. The lowest BCUT2D eigenvalue weighted by Gasteiger charge is -2.14. The highest BCUT2D eigenvalue weighted by molar-refractivity contribution is 7.99. The molecule has 2 rings (SSSR count). The van der Waals surface area contributed by atoms with Crippen molar-refractivity contribution in [1.29, 1.82) is 0 Å². The molecule has 134 valence electrons.